The normalized spacial score (nSPS) is 10.8. The van der Waals surface area contributed by atoms with E-state index in [-0.39, 0.29) is 6.54 Å². The van der Waals surface area contributed by atoms with E-state index in [0.29, 0.717) is 6.54 Å². The van der Waals surface area contributed by atoms with Crippen LogP contribution in [0.2, 0.25) is 0 Å². The molecule has 3 rings (SSSR count). The van der Waals surface area contributed by atoms with Gasteiger partial charge in [0.2, 0.25) is 11.6 Å². The van der Waals surface area contributed by atoms with Gasteiger partial charge >= 0.3 is 0 Å². The van der Waals surface area contributed by atoms with Crippen LogP contribution < -0.4 is 10.6 Å². The van der Waals surface area contributed by atoms with Crippen LogP contribution in [-0.2, 0) is 0 Å². The maximum absolute atomic E-state index is 13.5. The van der Waals surface area contributed by atoms with Crippen LogP contribution in [0.25, 0.3) is 10.8 Å². The van der Waals surface area contributed by atoms with Gasteiger partial charge in [-0.15, -0.1) is 0 Å². The molecule has 0 atom stereocenters. The second-order valence-electron chi connectivity index (χ2n) is 5.08. The van der Waals surface area contributed by atoms with Crippen molar-refractivity contribution in [3.63, 3.8) is 0 Å². The summed E-state index contributed by atoms with van der Waals surface area (Å²) >= 11 is 0. The highest BCUT2D eigenvalue weighted by Crippen LogP contribution is 2.23. The molecular formula is C17H13F4N3. The summed E-state index contributed by atoms with van der Waals surface area (Å²) in [6.45, 7) is 0.346. The van der Waals surface area contributed by atoms with E-state index in [0.717, 1.165) is 16.5 Å². The van der Waals surface area contributed by atoms with E-state index in [1.807, 2.05) is 42.5 Å². The molecule has 0 amide bonds. The second kappa shape index (κ2) is 6.74. The maximum Gasteiger partial charge on any atom is 0.253 e. The number of nitrogens with zero attached hydrogens (tertiary/aromatic N) is 1. The van der Waals surface area contributed by atoms with E-state index < -0.39 is 29.2 Å². The number of hydrogen-bond acceptors (Lipinski definition) is 3. The minimum atomic E-state index is -1.68. The van der Waals surface area contributed by atoms with Gasteiger partial charge in [0.1, 0.15) is 5.69 Å². The molecule has 0 bridgehead atoms. The van der Waals surface area contributed by atoms with Crippen molar-refractivity contribution >= 4 is 22.1 Å². The Balaban J connectivity index is 1.68. The molecule has 0 aliphatic rings. The van der Waals surface area contributed by atoms with Gasteiger partial charge in [0, 0.05) is 24.2 Å². The summed E-state index contributed by atoms with van der Waals surface area (Å²) in [6, 6.07) is 13.4. The lowest BCUT2D eigenvalue weighted by Gasteiger charge is -2.12. The van der Waals surface area contributed by atoms with Gasteiger partial charge in [0.15, 0.2) is 0 Å². The fourth-order valence-corrected chi connectivity index (χ4v) is 2.41. The van der Waals surface area contributed by atoms with Gasteiger partial charge in [-0.2, -0.15) is 22.5 Å². The number of aromatic nitrogens is 1. The third-order valence-corrected chi connectivity index (χ3v) is 3.53. The van der Waals surface area contributed by atoms with E-state index in [9.17, 15) is 17.6 Å². The van der Waals surface area contributed by atoms with Gasteiger partial charge in [-0.3, -0.25) is 0 Å². The highest BCUT2D eigenvalue weighted by Gasteiger charge is 2.20. The fraction of sp³-hybridized carbons (Fsp3) is 0.118. The molecule has 0 aliphatic carbocycles. The Morgan fingerprint density at radius 2 is 1.38 bits per heavy atom. The van der Waals surface area contributed by atoms with Crippen LogP contribution in [-0.4, -0.2) is 18.1 Å². The molecular weight excluding hydrogens is 322 g/mol. The summed E-state index contributed by atoms with van der Waals surface area (Å²) in [5.41, 5.74) is -0.0114. The molecule has 7 heteroatoms. The van der Waals surface area contributed by atoms with E-state index in [1.54, 1.807) is 0 Å². The molecule has 0 spiro atoms. The summed E-state index contributed by atoms with van der Waals surface area (Å²) in [5.74, 6) is -6.45. The standard InChI is InChI=1S/C17H13F4N3/c18-13-15(14(19)17(21)24-16(13)20)23-9-8-22-12-7-3-5-10-4-1-2-6-11(10)12/h1-7,22H,8-9H2,(H,23,24). The van der Waals surface area contributed by atoms with Gasteiger partial charge in [-0.05, 0) is 11.5 Å². The molecule has 2 aromatic carbocycles. The predicted molar refractivity (Wildman–Crippen MR) is 85.0 cm³/mol. The van der Waals surface area contributed by atoms with Crippen molar-refractivity contribution in [2.24, 2.45) is 0 Å². The van der Waals surface area contributed by atoms with Gasteiger partial charge in [0.05, 0.1) is 0 Å². The highest BCUT2D eigenvalue weighted by atomic mass is 19.2. The molecule has 1 heterocycles. The molecule has 1 aromatic heterocycles. The number of hydrogen-bond donors (Lipinski definition) is 2. The number of nitrogens with one attached hydrogen (secondary N) is 2. The third kappa shape index (κ3) is 3.10. The summed E-state index contributed by atoms with van der Waals surface area (Å²) in [7, 11) is 0. The van der Waals surface area contributed by atoms with Crippen LogP contribution in [0.4, 0.5) is 28.9 Å². The number of fused-ring (bicyclic) bond motifs is 1. The monoisotopic (exact) mass is 335 g/mol. The zero-order valence-electron chi connectivity index (χ0n) is 12.4. The van der Waals surface area contributed by atoms with Gasteiger partial charge in [0.25, 0.3) is 11.9 Å². The third-order valence-electron chi connectivity index (χ3n) is 3.53. The topological polar surface area (TPSA) is 37.0 Å². The highest BCUT2D eigenvalue weighted by molar-refractivity contribution is 5.93. The Morgan fingerprint density at radius 1 is 0.750 bits per heavy atom. The quantitative estimate of drug-likeness (QED) is 0.414. The Morgan fingerprint density at radius 3 is 2.12 bits per heavy atom. The lowest BCUT2D eigenvalue weighted by Crippen LogP contribution is -2.17. The average molecular weight is 335 g/mol. The second-order valence-corrected chi connectivity index (χ2v) is 5.08. The molecule has 0 saturated heterocycles. The van der Waals surface area contributed by atoms with E-state index in [1.165, 1.54) is 0 Å². The molecule has 0 fully saturated rings. The first kappa shape index (κ1) is 16.0. The van der Waals surface area contributed by atoms with Crippen molar-refractivity contribution in [1.29, 1.82) is 0 Å². The molecule has 0 aliphatic heterocycles. The molecule has 3 nitrogen and oxygen atoms in total. The van der Waals surface area contributed by atoms with Crippen molar-refractivity contribution in [2.45, 2.75) is 0 Å². The van der Waals surface area contributed by atoms with E-state index in [2.05, 4.69) is 15.6 Å². The fourth-order valence-electron chi connectivity index (χ4n) is 2.41. The molecule has 2 N–H and O–H groups in total. The summed E-state index contributed by atoms with van der Waals surface area (Å²) in [6.07, 6.45) is 0. The lowest BCUT2D eigenvalue weighted by molar-refractivity contribution is 0.411. The Hall–Kier alpha value is -2.83. The molecule has 3 aromatic rings. The summed E-state index contributed by atoms with van der Waals surface area (Å²) < 4.78 is 53.0. The molecule has 0 radical (unpaired) electrons. The lowest BCUT2D eigenvalue weighted by atomic mass is 10.1. The number of benzene rings is 2. The first-order valence-corrected chi connectivity index (χ1v) is 7.23. The van der Waals surface area contributed by atoms with Crippen LogP contribution in [0.15, 0.2) is 42.5 Å². The zero-order chi connectivity index (χ0) is 17.1. The van der Waals surface area contributed by atoms with E-state index >= 15 is 0 Å². The molecule has 0 unspecified atom stereocenters. The average Bonchev–Trinajstić information content (AvgIpc) is 2.59. The first-order valence-electron chi connectivity index (χ1n) is 7.23. The Bertz CT molecular complexity index is 852. The smallest absolute Gasteiger partial charge is 0.253 e. The molecule has 124 valence electrons. The van der Waals surface area contributed by atoms with Gasteiger partial charge in [-0.25, -0.2) is 0 Å². The number of pyridine rings is 1. The van der Waals surface area contributed by atoms with Crippen LogP contribution >= 0.6 is 0 Å². The van der Waals surface area contributed by atoms with Crippen LogP contribution in [0.5, 0.6) is 0 Å². The van der Waals surface area contributed by atoms with Crippen LogP contribution in [0.1, 0.15) is 0 Å². The van der Waals surface area contributed by atoms with Crippen LogP contribution in [0, 0.1) is 23.5 Å². The van der Waals surface area contributed by atoms with Gasteiger partial charge < -0.3 is 10.6 Å². The van der Waals surface area contributed by atoms with Crippen molar-refractivity contribution in [3.05, 3.63) is 66.0 Å². The summed E-state index contributed by atoms with van der Waals surface area (Å²) in [4.78, 5) is 2.50. The van der Waals surface area contributed by atoms with Crippen molar-refractivity contribution in [2.75, 3.05) is 23.7 Å². The first-order chi connectivity index (χ1) is 11.6. The van der Waals surface area contributed by atoms with Crippen molar-refractivity contribution in [3.8, 4) is 0 Å². The van der Waals surface area contributed by atoms with Crippen molar-refractivity contribution in [1.82, 2.24) is 4.98 Å². The predicted octanol–water partition coefficient (Wildman–Crippen LogP) is 4.32. The maximum atomic E-state index is 13.5. The minimum absolute atomic E-state index is 0.0555. The minimum Gasteiger partial charge on any atom is -0.383 e. The Labute approximate surface area is 135 Å². The van der Waals surface area contributed by atoms with Gasteiger partial charge in [-0.1, -0.05) is 36.4 Å². The summed E-state index contributed by atoms with van der Waals surface area (Å²) in [5, 5.41) is 7.51. The SMILES string of the molecule is Fc1nc(F)c(F)c(NCCNc2cccc3ccccc23)c1F. The molecule has 24 heavy (non-hydrogen) atoms. The Kier molecular flexibility index (Phi) is 4.50. The number of rotatable bonds is 5. The van der Waals surface area contributed by atoms with Crippen LogP contribution in [0.3, 0.4) is 0 Å². The van der Waals surface area contributed by atoms with E-state index in [4.69, 9.17) is 0 Å². The zero-order valence-corrected chi connectivity index (χ0v) is 12.4. The largest absolute Gasteiger partial charge is 0.383 e. The van der Waals surface area contributed by atoms with Crippen molar-refractivity contribution < 1.29 is 17.6 Å². The molecule has 0 saturated carbocycles. The number of anilines is 2. The number of halogens is 4.